The zero-order chi connectivity index (χ0) is 29.8. The second kappa shape index (κ2) is 8.65. The number of nitrogens with zero attached hydrogens (tertiary/aromatic N) is 2. The molecule has 1 aliphatic rings. The Labute approximate surface area is 238 Å². The number of rotatable bonds is 3. The molecule has 0 unspecified atom stereocenters. The van der Waals surface area contributed by atoms with Crippen LogP contribution in [0.25, 0.3) is 32.8 Å². The molecular formula is C24H11BrN2O11S3. The molecule has 5 aromatic rings. The minimum atomic E-state index is -5.10. The van der Waals surface area contributed by atoms with Crippen molar-refractivity contribution in [2.24, 2.45) is 0 Å². The summed E-state index contributed by atoms with van der Waals surface area (Å²) in [5.74, 6) is -1.83. The molecular weight excluding hydrogens is 668 g/mol. The van der Waals surface area contributed by atoms with Crippen molar-refractivity contribution in [3.8, 4) is 0 Å². The maximum atomic E-state index is 13.7. The van der Waals surface area contributed by atoms with Gasteiger partial charge in [-0.15, -0.1) is 0 Å². The second-order valence-corrected chi connectivity index (χ2v) is 14.0. The molecule has 0 spiro atoms. The third-order valence-corrected chi connectivity index (χ3v) is 9.70. The van der Waals surface area contributed by atoms with Crippen molar-refractivity contribution in [2.75, 3.05) is 0 Å². The summed E-state index contributed by atoms with van der Waals surface area (Å²) >= 11 is 3.32. The number of aromatic nitrogens is 2. The Bertz CT molecular complexity index is 2440. The van der Waals surface area contributed by atoms with Gasteiger partial charge in [-0.25, -0.2) is 9.97 Å². The summed E-state index contributed by atoms with van der Waals surface area (Å²) in [7, 11) is -14.5. The minimum Gasteiger partial charge on any atom is -0.289 e. The van der Waals surface area contributed by atoms with Gasteiger partial charge in [0.1, 0.15) is 21.4 Å². The number of carbonyl (C=O) groups excluding carboxylic acids is 2. The number of benzene rings is 4. The summed E-state index contributed by atoms with van der Waals surface area (Å²) in [6.07, 6.45) is 0. The van der Waals surface area contributed by atoms with Crippen LogP contribution in [-0.2, 0) is 30.4 Å². The molecule has 0 radical (unpaired) electrons. The molecule has 13 nitrogen and oxygen atoms in total. The molecule has 0 aliphatic heterocycles. The van der Waals surface area contributed by atoms with E-state index in [0.29, 0.717) is 5.39 Å². The molecule has 1 heterocycles. The minimum absolute atomic E-state index is 0.00934. The largest absolute Gasteiger partial charge is 0.296 e. The van der Waals surface area contributed by atoms with Gasteiger partial charge in [0, 0.05) is 26.5 Å². The highest BCUT2D eigenvalue weighted by atomic mass is 79.9. The maximum absolute atomic E-state index is 13.7. The van der Waals surface area contributed by atoms with Crippen LogP contribution >= 0.6 is 15.9 Å². The first kappa shape index (κ1) is 27.5. The molecule has 208 valence electrons. The summed E-state index contributed by atoms with van der Waals surface area (Å²) in [5.41, 5.74) is -2.66. The van der Waals surface area contributed by atoms with Gasteiger partial charge in [-0.3, -0.25) is 23.2 Å². The highest BCUT2D eigenvalue weighted by Gasteiger charge is 2.36. The van der Waals surface area contributed by atoms with Gasteiger partial charge in [0.05, 0.1) is 20.9 Å². The lowest BCUT2D eigenvalue weighted by Crippen LogP contribution is -2.23. The Balaban J connectivity index is 1.79. The standard InChI is InChI=1S/C24H11BrN2O11S3/c25-16-5-9-1-2-10(39(30,31)32)6-13(9)19-20(16)27-22-18-15(8-17(21(22)26-19)41(36,37)38)23(28)12-4-3-11(40(33,34)35)7-14(12)24(18)29/h1-8H,(H,30,31,32)(H,33,34,35)(H,36,37,38). The summed E-state index contributed by atoms with van der Waals surface area (Å²) in [4.78, 5) is 33.8. The van der Waals surface area contributed by atoms with Crippen LogP contribution < -0.4 is 0 Å². The zero-order valence-electron chi connectivity index (χ0n) is 19.7. The second-order valence-electron chi connectivity index (χ2n) is 8.95. The van der Waals surface area contributed by atoms with Gasteiger partial charge in [0.2, 0.25) is 0 Å². The van der Waals surface area contributed by atoms with E-state index in [9.17, 15) is 48.5 Å². The first-order valence-electron chi connectivity index (χ1n) is 11.0. The Hall–Kier alpha value is -3.71. The Morgan fingerprint density at radius 2 is 1.20 bits per heavy atom. The van der Waals surface area contributed by atoms with Gasteiger partial charge in [-0.1, -0.05) is 6.07 Å². The number of fused-ring (bicyclic) bond motifs is 7. The third kappa shape index (κ3) is 4.24. The van der Waals surface area contributed by atoms with Gasteiger partial charge in [0.15, 0.2) is 11.6 Å². The summed E-state index contributed by atoms with van der Waals surface area (Å²) in [6.45, 7) is 0. The zero-order valence-corrected chi connectivity index (χ0v) is 23.8. The number of halogens is 1. The van der Waals surface area contributed by atoms with E-state index in [1.54, 1.807) is 0 Å². The molecule has 17 heteroatoms. The molecule has 1 aliphatic carbocycles. The molecule has 41 heavy (non-hydrogen) atoms. The molecule has 3 N–H and O–H groups in total. The highest BCUT2D eigenvalue weighted by molar-refractivity contribution is 9.10. The van der Waals surface area contributed by atoms with Gasteiger partial charge in [-0.05, 0) is 63.8 Å². The first-order valence-corrected chi connectivity index (χ1v) is 16.1. The van der Waals surface area contributed by atoms with Gasteiger partial charge in [0.25, 0.3) is 30.4 Å². The fourth-order valence-electron chi connectivity index (χ4n) is 4.72. The van der Waals surface area contributed by atoms with Crippen LogP contribution in [0.3, 0.4) is 0 Å². The summed E-state index contributed by atoms with van der Waals surface area (Å²) in [5, 5.41) is 0.506. The van der Waals surface area contributed by atoms with Crippen LogP contribution in [0.1, 0.15) is 31.8 Å². The van der Waals surface area contributed by atoms with Crippen LogP contribution in [0.15, 0.2) is 67.7 Å². The van der Waals surface area contributed by atoms with Crippen LogP contribution in [0.4, 0.5) is 0 Å². The molecule has 0 saturated carbocycles. The molecule has 4 aromatic carbocycles. The topological polar surface area (TPSA) is 223 Å². The van der Waals surface area contributed by atoms with E-state index < -0.39 is 84.3 Å². The quantitative estimate of drug-likeness (QED) is 0.139. The van der Waals surface area contributed by atoms with Gasteiger partial charge >= 0.3 is 0 Å². The molecule has 0 saturated heterocycles. The SMILES string of the molecule is O=C1c2ccc(S(=O)(=O)O)cc2C(=O)c2c1cc(S(=O)(=O)O)c1nc3c(nc21)c(Br)cc1ccc(S(=O)(=O)O)cc13. The summed E-state index contributed by atoms with van der Waals surface area (Å²) in [6, 6.07) is 8.51. The Morgan fingerprint density at radius 1 is 0.585 bits per heavy atom. The highest BCUT2D eigenvalue weighted by Crippen LogP contribution is 2.39. The molecule has 0 bridgehead atoms. The maximum Gasteiger partial charge on any atom is 0.296 e. The smallest absolute Gasteiger partial charge is 0.289 e. The summed E-state index contributed by atoms with van der Waals surface area (Å²) < 4.78 is 101. The number of hydrogen-bond acceptors (Lipinski definition) is 10. The van der Waals surface area contributed by atoms with Crippen molar-refractivity contribution in [2.45, 2.75) is 14.7 Å². The number of hydrogen-bond donors (Lipinski definition) is 3. The van der Waals surface area contributed by atoms with Gasteiger partial charge in [-0.2, -0.15) is 25.3 Å². The van der Waals surface area contributed by atoms with E-state index in [1.807, 2.05) is 0 Å². The molecule has 0 amide bonds. The van der Waals surface area contributed by atoms with E-state index >= 15 is 0 Å². The predicted octanol–water partition coefficient (Wildman–Crippen LogP) is 3.21. The van der Waals surface area contributed by atoms with Crippen molar-refractivity contribution in [3.63, 3.8) is 0 Å². The van der Waals surface area contributed by atoms with Crippen molar-refractivity contribution in [1.82, 2.24) is 9.97 Å². The molecule has 1 aromatic heterocycles. The van der Waals surface area contributed by atoms with E-state index in [0.717, 1.165) is 36.4 Å². The Morgan fingerprint density at radius 3 is 1.83 bits per heavy atom. The Kier molecular flexibility index (Phi) is 5.79. The number of carbonyl (C=O) groups is 2. The van der Waals surface area contributed by atoms with Crippen molar-refractivity contribution in [1.29, 1.82) is 0 Å². The lowest BCUT2D eigenvalue weighted by Gasteiger charge is -2.20. The van der Waals surface area contributed by atoms with E-state index in [2.05, 4.69) is 25.9 Å². The van der Waals surface area contributed by atoms with E-state index in [1.165, 1.54) is 12.1 Å². The number of ketones is 2. The predicted molar refractivity (Wildman–Crippen MR) is 145 cm³/mol. The van der Waals surface area contributed by atoms with E-state index in [4.69, 9.17) is 0 Å². The normalized spacial score (nSPS) is 14.0. The van der Waals surface area contributed by atoms with Gasteiger partial charge < -0.3 is 0 Å². The third-order valence-electron chi connectivity index (χ3n) is 6.52. The van der Waals surface area contributed by atoms with Crippen LogP contribution in [0.5, 0.6) is 0 Å². The lowest BCUT2D eigenvalue weighted by molar-refractivity contribution is 0.0979. The van der Waals surface area contributed by atoms with Crippen LogP contribution in [-0.4, -0.2) is 60.4 Å². The fourth-order valence-corrected chi connectivity index (χ4v) is 6.91. The average molecular weight is 679 g/mol. The van der Waals surface area contributed by atoms with E-state index in [-0.39, 0.29) is 26.5 Å². The monoisotopic (exact) mass is 678 g/mol. The molecule has 6 rings (SSSR count). The van der Waals surface area contributed by atoms with Crippen molar-refractivity contribution < 1.29 is 48.5 Å². The lowest BCUT2D eigenvalue weighted by atomic mass is 9.83. The average Bonchev–Trinajstić information content (AvgIpc) is 2.88. The van der Waals surface area contributed by atoms with Crippen molar-refractivity contribution in [3.05, 3.63) is 75.3 Å². The van der Waals surface area contributed by atoms with Crippen molar-refractivity contribution >= 4 is 90.7 Å². The fraction of sp³-hybridized carbons (Fsp3) is 0. The molecule has 0 fully saturated rings. The van der Waals surface area contributed by atoms with Crippen LogP contribution in [0, 0.1) is 0 Å². The molecule has 0 atom stereocenters. The van der Waals surface area contributed by atoms with Crippen LogP contribution in [0.2, 0.25) is 0 Å². The first-order chi connectivity index (χ1) is 19.0.